The molecule has 1 N–H and O–H groups in total. The first-order valence-electron chi connectivity index (χ1n) is 3.66. The molecule has 0 aliphatic carbocycles. The predicted molar refractivity (Wildman–Crippen MR) is 37.5 cm³/mol. The fourth-order valence-corrected chi connectivity index (χ4v) is 1.26. The van der Waals surface area contributed by atoms with Gasteiger partial charge in [0.15, 0.2) is 0 Å². The van der Waals surface area contributed by atoms with Crippen molar-refractivity contribution in [2.75, 3.05) is 20.3 Å². The van der Waals surface area contributed by atoms with Gasteiger partial charge in [-0.3, -0.25) is 0 Å². The highest BCUT2D eigenvalue weighted by atomic mass is 16.5. The molecule has 1 aliphatic rings. The summed E-state index contributed by atoms with van der Waals surface area (Å²) < 4.78 is 4.96. The molecule has 0 aromatic carbocycles. The molecule has 0 spiro atoms. The van der Waals surface area contributed by atoms with E-state index in [1.165, 1.54) is 25.8 Å². The van der Waals surface area contributed by atoms with Crippen molar-refractivity contribution in [1.82, 2.24) is 5.32 Å². The summed E-state index contributed by atoms with van der Waals surface area (Å²) in [5.41, 5.74) is 0. The monoisotopic (exact) mass is 129 g/mol. The van der Waals surface area contributed by atoms with Gasteiger partial charge in [0, 0.05) is 19.8 Å². The molecule has 1 fully saturated rings. The average Bonchev–Trinajstić information content (AvgIpc) is 2.34. The van der Waals surface area contributed by atoms with Crippen molar-refractivity contribution in [2.45, 2.75) is 25.3 Å². The Morgan fingerprint density at radius 2 is 2.56 bits per heavy atom. The molecule has 0 aromatic rings. The van der Waals surface area contributed by atoms with Gasteiger partial charge in [0.25, 0.3) is 0 Å². The van der Waals surface area contributed by atoms with Crippen LogP contribution in [0.3, 0.4) is 0 Å². The Hall–Kier alpha value is -0.0800. The zero-order valence-corrected chi connectivity index (χ0v) is 6.02. The largest absolute Gasteiger partial charge is 0.385 e. The summed E-state index contributed by atoms with van der Waals surface area (Å²) in [5, 5.41) is 3.41. The molecule has 0 aromatic heterocycles. The quantitative estimate of drug-likeness (QED) is 0.608. The van der Waals surface area contributed by atoms with Crippen LogP contribution in [0.4, 0.5) is 0 Å². The topological polar surface area (TPSA) is 21.3 Å². The van der Waals surface area contributed by atoms with Crippen LogP contribution in [0, 0.1) is 0 Å². The van der Waals surface area contributed by atoms with Crippen LogP contribution in [0.1, 0.15) is 19.3 Å². The summed E-state index contributed by atoms with van der Waals surface area (Å²) in [6, 6.07) is 0.741. The van der Waals surface area contributed by atoms with Crippen molar-refractivity contribution in [3.05, 3.63) is 0 Å². The minimum Gasteiger partial charge on any atom is -0.385 e. The van der Waals surface area contributed by atoms with Crippen LogP contribution in [-0.4, -0.2) is 26.3 Å². The normalized spacial score (nSPS) is 27.0. The van der Waals surface area contributed by atoms with Crippen molar-refractivity contribution in [1.29, 1.82) is 0 Å². The van der Waals surface area contributed by atoms with Crippen LogP contribution in [0.2, 0.25) is 0 Å². The summed E-state index contributed by atoms with van der Waals surface area (Å²) in [5.74, 6) is 0. The van der Waals surface area contributed by atoms with E-state index in [4.69, 9.17) is 4.74 Å². The molecule has 1 unspecified atom stereocenters. The summed E-state index contributed by atoms with van der Waals surface area (Å²) in [6.45, 7) is 2.10. The van der Waals surface area contributed by atoms with Gasteiger partial charge in [-0.15, -0.1) is 0 Å². The molecular formula is C7H15NO. The second-order valence-corrected chi connectivity index (χ2v) is 2.57. The summed E-state index contributed by atoms with van der Waals surface area (Å²) in [4.78, 5) is 0. The van der Waals surface area contributed by atoms with E-state index in [-0.39, 0.29) is 0 Å². The lowest BCUT2D eigenvalue weighted by atomic mass is 10.2. The number of hydrogen-bond donors (Lipinski definition) is 1. The second kappa shape index (κ2) is 3.85. The van der Waals surface area contributed by atoms with Crippen LogP contribution in [0.15, 0.2) is 0 Å². The number of ether oxygens (including phenoxy) is 1. The maximum Gasteiger partial charge on any atom is 0.0477 e. The molecule has 54 valence electrons. The summed E-state index contributed by atoms with van der Waals surface area (Å²) in [7, 11) is 1.76. The van der Waals surface area contributed by atoms with Crippen molar-refractivity contribution in [3.8, 4) is 0 Å². The molecule has 9 heavy (non-hydrogen) atoms. The number of hydrogen-bond acceptors (Lipinski definition) is 2. The molecule has 1 saturated heterocycles. The zero-order chi connectivity index (χ0) is 6.53. The minimum atomic E-state index is 0.741. The van der Waals surface area contributed by atoms with E-state index in [0.29, 0.717) is 0 Å². The Balaban J connectivity index is 1.98. The van der Waals surface area contributed by atoms with E-state index in [2.05, 4.69) is 5.32 Å². The molecule has 0 amide bonds. The molecule has 0 saturated carbocycles. The molecule has 0 bridgehead atoms. The van der Waals surface area contributed by atoms with Crippen molar-refractivity contribution < 1.29 is 4.74 Å². The second-order valence-electron chi connectivity index (χ2n) is 2.57. The third-order valence-electron chi connectivity index (χ3n) is 1.83. The minimum absolute atomic E-state index is 0.741. The highest BCUT2D eigenvalue weighted by molar-refractivity contribution is 4.73. The van der Waals surface area contributed by atoms with Crippen molar-refractivity contribution in [2.24, 2.45) is 0 Å². The molecular weight excluding hydrogens is 114 g/mol. The lowest BCUT2D eigenvalue weighted by Gasteiger charge is -2.07. The average molecular weight is 129 g/mol. The Kier molecular flexibility index (Phi) is 3.01. The molecule has 1 atom stereocenters. The van der Waals surface area contributed by atoms with Crippen LogP contribution in [-0.2, 0) is 4.74 Å². The van der Waals surface area contributed by atoms with Crippen LogP contribution in [0.25, 0.3) is 0 Å². The molecule has 1 heterocycles. The first-order valence-corrected chi connectivity index (χ1v) is 3.66. The summed E-state index contributed by atoms with van der Waals surface area (Å²) >= 11 is 0. The van der Waals surface area contributed by atoms with Gasteiger partial charge in [0.05, 0.1) is 0 Å². The number of rotatable bonds is 3. The van der Waals surface area contributed by atoms with Gasteiger partial charge in [-0.05, 0) is 25.8 Å². The van der Waals surface area contributed by atoms with E-state index < -0.39 is 0 Å². The third kappa shape index (κ3) is 2.33. The smallest absolute Gasteiger partial charge is 0.0477 e. The Morgan fingerprint density at radius 3 is 3.11 bits per heavy atom. The lowest BCUT2D eigenvalue weighted by molar-refractivity contribution is 0.185. The Bertz CT molecular complexity index is 69.3. The van der Waals surface area contributed by atoms with E-state index in [1.54, 1.807) is 7.11 Å². The standard InChI is InChI=1S/C7H15NO/c1-9-6-4-7-3-2-5-8-7/h7-8H,2-6H2,1H3. The van der Waals surface area contributed by atoms with Gasteiger partial charge in [-0.2, -0.15) is 0 Å². The van der Waals surface area contributed by atoms with Crippen LogP contribution >= 0.6 is 0 Å². The predicted octanol–water partition coefficient (Wildman–Crippen LogP) is 0.775. The molecule has 0 radical (unpaired) electrons. The third-order valence-corrected chi connectivity index (χ3v) is 1.83. The summed E-state index contributed by atoms with van der Waals surface area (Å²) in [6.07, 6.45) is 3.86. The van der Waals surface area contributed by atoms with Gasteiger partial charge in [-0.1, -0.05) is 0 Å². The Labute approximate surface area is 56.6 Å². The van der Waals surface area contributed by atoms with E-state index in [9.17, 15) is 0 Å². The van der Waals surface area contributed by atoms with Gasteiger partial charge in [0.1, 0.15) is 0 Å². The van der Waals surface area contributed by atoms with E-state index in [0.717, 1.165) is 12.6 Å². The SMILES string of the molecule is COCCC1CCCN1. The lowest BCUT2D eigenvalue weighted by Crippen LogP contribution is -2.22. The van der Waals surface area contributed by atoms with Crippen LogP contribution < -0.4 is 5.32 Å². The maximum atomic E-state index is 4.96. The van der Waals surface area contributed by atoms with Gasteiger partial charge < -0.3 is 10.1 Å². The molecule has 1 aliphatic heterocycles. The molecule has 2 heteroatoms. The number of methoxy groups -OCH3 is 1. The van der Waals surface area contributed by atoms with Gasteiger partial charge in [0.2, 0.25) is 0 Å². The van der Waals surface area contributed by atoms with E-state index >= 15 is 0 Å². The highest BCUT2D eigenvalue weighted by Crippen LogP contribution is 2.07. The first kappa shape index (κ1) is 7.03. The fraction of sp³-hybridized carbons (Fsp3) is 1.00. The molecule has 1 rings (SSSR count). The fourth-order valence-electron chi connectivity index (χ4n) is 1.26. The number of nitrogens with one attached hydrogen (secondary N) is 1. The highest BCUT2D eigenvalue weighted by Gasteiger charge is 2.12. The van der Waals surface area contributed by atoms with Crippen molar-refractivity contribution in [3.63, 3.8) is 0 Å². The van der Waals surface area contributed by atoms with Crippen LogP contribution in [0.5, 0.6) is 0 Å². The van der Waals surface area contributed by atoms with Gasteiger partial charge >= 0.3 is 0 Å². The Morgan fingerprint density at radius 1 is 1.67 bits per heavy atom. The zero-order valence-electron chi connectivity index (χ0n) is 6.02. The molecule has 2 nitrogen and oxygen atoms in total. The van der Waals surface area contributed by atoms with Gasteiger partial charge in [-0.25, -0.2) is 0 Å². The first-order chi connectivity index (χ1) is 4.43. The maximum absolute atomic E-state index is 4.96. The van der Waals surface area contributed by atoms with Crippen molar-refractivity contribution >= 4 is 0 Å². The van der Waals surface area contributed by atoms with E-state index in [1.807, 2.05) is 0 Å².